The zero-order valence-electron chi connectivity index (χ0n) is 8.77. The molecule has 0 saturated heterocycles. The normalized spacial score (nSPS) is 11.1. The number of rotatable bonds is 8. The standard InChI is InChI=1S/C8H19O2PS2.W/c1-3-5-7-9-11(12,13)10-8-6-4-2;/h3-8H2,1-2H3,(H,12,13);. The van der Waals surface area contributed by atoms with Crippen LogP contribution in [0.15, 0.2) is 0 Å². The van der Waals surface area contributed by atoms with Gasteiger partial charge in [-0.1, -0.05) is 38.9 Å². The number of hydrogen-bond donors (Lipinski definition) is 1. The van der Waals surface area contributed by atoms with E-state index in [4.69, 9.17) is 20.9 Å². The Morgan fingerprint density at radius 3 is 1.71 bits per heavy atom. The van der Waals surface area contributed by atoms with Crippen molar-refractivity contribution < 1.29 is 30.1 Å². The first-order valence-corrected chi connectivity index (χ1v) is 8.53. The minimum absolute atomic E-state index is 0. The van der Waals surface area contributed by atoms with E-state index in [1.54, 1.807) is 0 Å². The second-order valence-electron chi connectivity index (χ2n) is 2.84. The predicted molar refractivity (Wildman–Crippen MR) is 65.0 cm³/mol. The molecule has 2 nitrogen and oxygen atoms in total. The van der Waals surface area contributed by atoms with Crippen LogP contribution in [0.3, 0.4) is 0 Å². The maximum atomic E-state index is 5.38. The summed E-state index contributed by atoms with van der Waals surface area (Å²) in [7, 11) is 0. The molecule has 0 aromatic carbocycles. The average molecular weight is 426 g/mol. The Morgan fingerprint density at radius 2 is 1.43 bits per heavy atom. The summed E-state index contributed by atoms with van der Waals surface area (Å²) >= 11 is 9.31. The molecule has 0 fully saturated rings. The Hall–Kier alpha value is 1.61. The molecule has 0 radical (unpaired) electrons. The van der Waals surface area contributed by atoms with Crippen molar-refractivity contribution in [1.29, 1.82) is 0 Å². The topological polar surface area (TPSA) is 18.5 Å². The van der Waals surface area contributed by atoms with Crippen LogP contribution in [-0.4, -0.2) is 13.2 Å². The van der Waals surface area contributed by atoms with Gasteiger partial charge in [0.05, 0.1) is 13.2 Å². The van der Waals surface area contributed by atoms with Gasteiger partial charge in [-0.15, -0.1) is 0 Å². The van der Waals surface area contributed by atoms with Gasteiger partial charge in [0.25, 0.3) is 0 Å². The first kappa shape index (κ1) is 18.0. The molecule has 6 heteroatoms. The molecule has 0 heterocycles. The van der Waals surface area contributed by atoms with Crippen LogP contribution in [0.4, 0.5) is 0 Å². The fraction of sp³-hybridized carbons (Fsp3) is 1.00. The molecule has 0 aliphatic rings. The van der Waals surface area contributed by atoms with E-state index in [0.29, 0.717) is 13.2 Å². The molecule has 0 N–H and O–H groups in total. The third-order valence-electron chi connectivity index (χ3n) is 1.50. The molecule has 86 valence electrons. The van der Waals surface area contributed by atoms with Crippen molar-refractivity contribution >= 4 is 29.7 Å². The van der Waals surface area contributed by atoms with Crippen molar-refractivity contribution in [2.24, 2.45) is 0 Å². The van der Waals surface area contributed by atoms with Crippen molar-refractivity contribution in [2.45, 2.75) is 39.5 Å². The maximum absolute atomic E-state index is 5.38. The SMILES string of the molecule is CCCCOP(=S)(S)OCCCC.[W]. The smallest absolute Gasteiger partial charge is 0.244 e. The van der Waals surface area contributed by atoms with Crippen LogP contribution in [-0.2, 0) is 41.9 Å². The fourth-order valence-corrected chi connectivity index (χ4v) is 2.42. The van der Waals surface area contributed by atoms with E-state index >= 15 is 0 Å². The van der Waals surface area contributed by atoms with E-state index in [0.717, 1.165) is 25.7 Å². The van der Waals surface area contributed by atoms with Gasteiger partial charge >= 0.3 is 0 Å². The number of unbranched alkanes of at least 4 members (excludes halogenated alkanes) is 2. The number of hydrogen-bond acceptors (Lipinski definition) is 3. The molecule has 0 unspecified atom stereocenters. The average Bonchev–Trinajstić information content (AvgIpc) is 2.05. The Labute approximate surface area is 112 Å². The summed E-state index contributed by atoms with van der Waals surface area (Å²) < 4.78 is 10.8. The van der Waals surface area contributed by atoms with E-state index in [2.05, 4.69) is 26.1 Å². The summed E-state index contributed by atoms with van der Waals surface area (Å²) in [6.07, 6.45) is 4.27. The van der Waals surface area contributed by atoms with Gasteiger partial charge in [-0.3, -0.25) is 0 Å². The Morgan fingerprint density at radius 1 is 1.07 bits per heavy atom. The summed E-state index contributed by atoms with van der Waals surface area (Å²) in [5.74, 6) is 0. The maximum Gasteiger partial charge on any atom is 0.244 e. The van der Waals surface area contributed by atoms with Crippen molar-refractivity contribution in [3.8, 4) is 0 Å². The molecule has 0 aliphatic carbocycles. The van der Waals surface area contributed by atoms with E-state index in [-0.39, 0.29) is 21.1 Å². The zero-order valence-corrected chi connectivity index (χ0v) is 14.3. The summed E-state index contributed by atoms with van der Waals surface area (Å²) in [6.45, 7) is 5.57. The molecule has 0 bridgehead atoms. The summed E-state index contributed by atoms with van der Waals surface area (Å²) in [4.78, 5) is 0. The summed E-state index contributed by atoms with van der Waals surface area (Å²) in [6, 6.07) is 0. The third kappa shape index (κ3) is 11.7. The summed E-state index contributed by atoms with van der Waals surface area (Å²) in [5, 5.41) is 0. The van der Waals surface area contributed by atoms with Crippen LogP contribution < -0.4 is 0 Å². The Balaban J connectivity index is 0. The van der Waals surface area contributed by atoms with Gasteiger partial charge in [0.1, 0.15) is 0 Å². The Bertz CT molecular complexity index is 155. The van der Waals surface area contributed by atoms with Crippen molar-refractivity contribution in [3.63, 3.8) is 0 Å². The molecule has 0 aliphatic heterocycles. The minimum atomic E-state index is -2.22. The van der Waals surface area contributed by atoms with Gasteiger partial charge in [-0.05, 0) is 24.6 Å². The molecule has 0 amide bonds. The van der Waals surface area contributed by atoms with Crippen LogP contribution in [0.5, 0.6) is 0 Å². The van der Waals surface area contributed by atoms with Crippen LogP contribution >= 0.6 is 17.9 Å². The van der Waals surface area contributed by atoms with Crippen LogP contribution in [0, 0.1) is 0 Å². The van der Waals surface area contributed by atoms with Gasteiger partial charge in [0.2, 0.25) is 5.69 Å². The second-order valence-corrected chi connectivity index (χ2v) is 8.13. The van der Waals surface area contributed by atoms with E-state index in [9.17, 15) is 0 Å². The quantitative estimate of drug-likeness (QED) is 0.362. The number of thiol groups is 1. The first-order valence-electron chi connectivity index (χ1n) is 4.74. The van der Waals surface area contributed by atoms with Gasteiger partial charge in [0, 0.05) is 21.1 Å². The molecule has 0 aromatic heterocycles. The molecule has 14 heavy (non-hydrogen) atoms. The molecular weight excluding hydrogens is 407 g/mol. The third-order valence-corrected chi connectivity index (χ3v) is 3.85. The van der Waals surface area contributed by atoms with Gasteiger partial charge < -0.3 is 9.05 Å². The molecular formula is C8H19O2PS2W. The monoisotopic (exact) mass is 426 g/mol. The van der Waals surface area contributed by atoms with Gasteiger partial charge in [-0.25, -0.2) is 0 Å². The van der Waals surface area contributed by atoms with Crippen molar-refractivity contribution in [3.05, 3.63) is 0 Å². The molecule has 0 aromatic rings. The molecule has 0 spiro atoms. The fourth-order valence-electron chi connectivity index (χ4n) is 0.686. The van der Waals surface area contributed by atoms with Crippen LogP contribution in [0.1, 0.15) is 39.5 Å². The van der Waals surface area contributed by atoms with Gasteiger partial charge in [-0.2, -0.15) is 0 Å². The van der Waals surface area contributed by atoms with Gasteiger partial charge in [0.15, 0.2) is 0 Å². The predicted octanol–water partition coefficient (Wildman–Crippen LogP) is 3.77. The first-order chi connectivity index (χ1) is 6.12. The summed E-state index contributed by atoms with van der Waals surface area (Å²) in [5.41, 5.74) is -2.22. The van der Waals surface area contributed by atoms with Crippen molar-refractivity contribution in [1.82, 2.24) is 0 Å². The zero-order chi connectivity index (χ0) is 10.2. The van der Waals surface area contributed by atoms with Crippen LogP contribution in [0.2, 0.25) is 0 Å². The second kappa shape index (κ2) is 11.1. The largest absolute Gasteiger partial charge is 0.322 e. The van der Waals surface area contributed by atoms with Crippen LogP contribution in [0.25, 0.3) is 0 Å². The Kier molecular flexibility index (Phi) is 14.3. The van der Waals surface area contributed by atoms with E-state index in [1.165, 1.54) is 0 Å². The molecule has 0 atom stereocenters. The van der Waals surface area contributed by atoms with E-state index in [1.807, 2.05) is 0 Å². The minimum Gasteiger partial charge on any atom is -0.322 e. The van der Waals surface area contributed by atoms with Crippen molar-refractivity contribution in [2.75, 3.05) is 13.2 Å². The molecule has 0 saturated carbocycles. The van der Waals surface area contributed by atoms with E-state index < -0.39 is 5.69 Å². The molecule has 0 rings (SSSR count).